The summed E-state index contributed by atoms with van der Waals surface area (Å²) in [6, 6.07) is 7.21. The second-order valence-corrected chi connectivity index (χ2v) is 4.71. The Hall–Kier alpha value is -0.930. The van der Waals surface area contributed by atoms with Gasteiger partial charge in [-0.05, 0) is 37.4 Å². The highest BCUT2D eigenvalue weighted by molar-refractivity contribution is 5.17. The van der Waals surface area contributed by atoms with Gasteiger partial charge in [-0.25, -0.2) is 4.39 Å². The largest absolute Gasteiger partial charge is 0.395 e. The minimum absolute atomic E-state index is 0.120. The minimum Gasteiger partial charge on any atom is -0.395 e. The molecule has 0 spiro atoms. The molecule has 1 heterocycles. The van der Waals surface area contributed by atoms with E-state index in [1.807, 2.05) is 12.1 Å². The van der Waals surface area contributed by atoms with Crippen molar-refractivity contribution >= 4 is 0 Å². The summed E-state index contributed by atoms with van der Waals surface area (Å²) in [7, 11) is 0. The van der Waals surface area contributed by atoms with E-state index in [2.05, 4.69) is 4.90 Å². The zero-order valence-corrected chi connectivity index (χ0v) is 10.1. The first-order chi connectivity index (χ1) is 8.31. The van der Waals surface area contributed by atoms with E-state index in [-0.39, 0.29) is 18.5 Å². The maximum Gasteiger partial charge on any atom is 0.126 e. The lowest BCUT2D eigenvalue weighted by molar-refractivity contribution is 0.0911. The van der Waals surface area contributed by atoms with E-state index in [1.54, 1.807) is 6.07 Å². The molecule has 1 aromatic carbocycles. The lowest BCUT2D eigenvalue weighted by atomic mass is 10.0. The van der Waals surface area contributed by atoms with Crippen LogP contribution in [0.25, 0.3) is 0 Å². The molecule has 0 unspecified atom stereocenters. The highest BCUT2D eigenvalue weighted by atomic mass is 19.1. The molecular weight excluding hydrogens is 217 g/mol. The first-order valence-corrected chi connectivity index (χ1v) is 6.39. The molecule has 0 bridgehead atoms. The molecule has 2 rings (SSSR count). The molecule has 1 aliphatic heterocycles. The molecule has 1 saturated heterocycles. The van der Waals surface area contributed by atoms with Crippen molar-refractivity contribution in [3.05, 3.63) is 35.6 Å². The molecule has 0 radical (unpaired) electrons. The number of nitrogens with zero attached hydrogens (tertiary/aromatic N) is 1. The van der Waals surface area contributed by atoms with Crippen molar-refractivity contribution in [3.63, 3.8) is 0 Å². The van der Waals surface area contributed by atoms with Crippen molar-refractivity contribution in [2.45, 2.75) is 31.7 Å². The number of aliphatic hydroxyl groups excluding tert-OH is 1. The van der Waals surface area contributed by atoms with E-state index in [4.69, 9.17) is 0 Å². The van der Waals surface area contributed by atoms with Crippen molar-refractivity contribution in [1.82, 2.24) is 4.90 Å². The van der Waals surface area contributed by atoms with Gasteiger partial charge in [0.25, 0.3) is 0 Å². The van der Waals surface area contributed by atoms with E-state index in [9.17, 15) is 9.50 Å². The molecule has 1 N–H and O–H groups in total. The van der Waals surface area contributed by atoms with Crippen LogP contribution in [0.2, 0.25) is 0 Å². The summed E-state index contributed by atoms with van der Waals surface area (Å²) in [5.41, 5.74) is 0.773. The molecule has 1 atom stereocenters. The average molecular weight is 237 g/mol. The molecule has 1 fully saturated rings. The summed E-state index contributed by atoms with van der Waals surface area (Å²) in [6.07, 6.45) is 4.17. The SMILES string of the molecule is OC[C@@H]1CCCCN1CCc1ccccc1F. The monoisotopic (exact) mass is 237 g/mol. The molecule has 17 heavy (non-hydrogen) atoms. The molecule has 94 valence electrons. The number of likely N-dealkylation sites (tertiary alicyclic amines) is 1. The maximum atomic E-state index is 13.5. The van der Waals surface area contributed by atoms with E-state index in [0.29, 0.717) is 0 Å². The lowest BCUT2D eigenvalue weighted by Gasteiger charge is -2.34. The third-order valence-corrected chi connectivity index (χ3v) is 3.59. The Bertz CT molecular complexity index is 356. The number of hydrogen-bond donors (Lipinski definition) is 1. The zero-order chi connectivity index (χ0) is 12.1. The lowest BCUT2D eigenvalue weighted by Crippen LogP contribution is -2.42. The Kier molecular flexibility index (Phi) is 4.51. The number of hydrogen-bond acceptors (Lipinski definition) is 2. The van der Waals surface area contributed by atoms with Gasteiger partial charge in [0.1, 0.15) is 5.82 Å². The summed E-state index contributed by atoms with van der Waals surface area (Å²) >= 11 is 0. The van der Waals surface area contributed by atoms with Crippen molar-refractivity contribution in [2.24, 2.45) is 0 Å². The van der Waals surface area contributed by atoms with Crippen molar-refractivity contribution in [3.8, 4) is 0 Å². The van der Waals surface area contributed by atoms with Crippen LogP contribution >= 0.6 is 0 Å². The molecule has 0 aliphatic carbocycles. The van der Waals surface area contributed by atoms with Crippen LogP contribution in [-0.2, 0) is 6.42 Å². The van der Waals surface area contributed by atoms with Gasteiger partial charge < -0.3 is 5.11 Å². The van der Waals surface area contributed by atoms with Crippen LogP contribution in [0.1, 0.15) is 24.8 Å². The Morgan fingerprint density at radius 1 is 1.29 bits per heavy atom. The van der Waals surface area contributed by atoms with E-state index < -0.39 is 0 Å². The first-order valence-electron chi connectivity index (χ1n) is 6.39. The zero-order valence-electron chi connectivity index (χ0n) is 10.1. The molecule has 0 amide bonds. The van der Waals surface area contributed by atoms with Crippen LogP contribution < -0.4 is 0 Å². The van der Waals surface area contributed by atoms with Crippen LogP contribution in [0, 0.1) is 5.82 Å². The van der Waals surface area contributed by atoms with Crippen LogP contribution in [0.15, 0.2) is 24.3 Å². The topological polar surface area (TPSA) is 23.5 Å². The average Bonchev–Trinajstić information content (AvgIpc) is 2.38. The fourth-order valence-corrected chi connectivity index (χ4v) is 2.53. The molecular formula is C14H20FNO. The highest BCUT2D eigenvalue weighted by Gasteiger charge is 2.21. The molecule has 1 aliphatic rings. The molecule has 1 aromatic rings. The fraction of sp³-hybridized carbons (Fsp3) is 0.571. The van der Waals surface area contributed by atoms with Crippen molar-refractivity contribution in [1.29, 1.82) is 0 Å². The predicted molar refractivity (Wildman–Crippen MR) is 66.4 cm³/mol. The smallest absolute Gasteiger partial charge is 0.126 e. The van der Waals surface area contributed by atoms with Crippen LogP contribution in [-0.4, -0.2) is 35.7 Å². The summed E-state index contributed by atoms with van der Waals surface area (Å²) < 4.78 is 13.5. The van der Waals surface area contributed by atoms with Gasteiger partial charge in [-0.3, -0.25) is 4.90 Å². The van der Waals surface area contributed by atoms with Gasteiger partial charge in [-0.15, -0.1) is 0 Å². The highest BCUT2D eigenvalue weighted by Crippen LogP contribution is 2.17. The first kappa shape index (κ1) is 12.5. The third-order valence-electron chi connectivity index (χ3n) is 3.59. The van der Waals surface area contributed by atoms with Crippen LogP contribution in [0.4, 0.5) is 4.39 Å². The normalized spacial score (nSPS) is 21.6. The summed E-state index contributed by atoms with van der Waals surface area (Å²) in [4.78, 5) is 2.29. The second kappa shape index (κ2) is 6.12. The number of piperidine rings is 1. The Morgan fingerprint density at radius 3 is 2.88 bits per heavy atom. The van der Waals surface area contributed by atoms with Gasteiger partial charge in [0.05, 0.1) is 6.61 Å². The van der Waals surface area contributed by atoms with Gasteiger partial charge in [-0.1, -0.05) is 24.6 Å². The Morgan fingerprint density at radius 2 is 2.12 bits per heavy atom. The van der Waals surface area contributed by atoms with Gasteiger partial charge in [0.15, 0.2) is 0 Å². The quantitative estimate of drug-likeness (QED) is 0.868. The Labute approximate surface area is 102 Å². The van der Waals surface area contributed by atoms with Gasteiger partial charge >= 0.3 is 0 Å². The van der Waals surface area contributed by atoms with Crippen molar-refractivity contribution in [2.75, 3.05) is 19.7 Å². The summed E-state index contributed by atoms with van der Waals surface area (Å²) in [5, 5.41) is 9.30. The standard InChI is InChI=1S/C14H20FNO/c15-14-7-2-1-5-12(14)8-10-16-9-4-3-6-13(16)11-17/h1-2,5,7,13,17H,3-4,6,8-11H2/t13-/m0/s1. The van der Waals surface area contributed by atoms with Gasteiger partial charge in [-0.2, -0.15) is 0 Å². The van der Waals surface area contributed by atoms with Crippen LogP contribution in [0.3, 0.4) is 0 Å². The predicted octanol–water partition coefficient (Wildman–Crippen LogP) is 2.21. The number of halogens is 1. The number of aliphatic hydroxyl groups is 1. The van der Waals surface area contributed by atoms with Crippen LogP contribution in [0.5, 0.6) is 0 Å². The van der Waals surface area contributed by atoms with Crippen molar-refractivity contribution < 1.29 is 9.50 Å². The minimum atomic E-state index is -0.120. The third kappa shape index (κ3) is 3.27. The summed E-state index contributed by atoms with van der Waals surface area (Å²) in [5.74, 6) is -0.120. The summed E-state index contributed by atoms with van der Waals surface area (Å²) in [6.45, 7) is 2.09. The molecule has 3 heteroatoms. The second-order valence-electron chi connectivity index (χ2n) is 4.71. The molecule has 2 nitrogen and oxygen atoms in total. The maximum absolute atomic E-state index is 13.5. The fourth-order valence-electron chi connectivity index (χ4n) is 2.53. The number of benzene rings is 1. The Balaban J connectivity index is 1.90. The van der Waals surface area contributed by atoms with E-state index in [0.717, 1.165) is 31.5 Å². The van der Waals surface area contributed by atoms with Gasteiger partial charge in [0.2, 0.25) is 0 Å². The van der Waals surface area contributed by atoms with E-state index >= 15 is 0 Å². The van der Waals surface area contributed by atoms with E-state index in [1.165, 1.54) is 18.9 Å². The van der Waals surface area contributed by atoms with Gasteiger partial charge in [0, 0.05) is 12.6 Å². The molecule has 0 aromatic heterocycles. The molecule has 0 saturated carbocycles. The number of rotatable bonds is 4.